The molecule has 0 amide bonds. The fourth-order valence-corrected chi connectivity index (χ4v) is 1.46. The fourth-order valence-electron chi connectivity index (χ4n) is 1.46. The molecular weight excluding hydrogens is 206 g/mol. The van der Waals surface area contributed by atoms with Crippen molar-refractivity contribution in [2.24, 2.45) is 5.73 Å². The molecule has 0 saturated heterocycles. The minimum absolute atomic E-state index is 0.0721. The Morgan fingerprint density at radius 2 is 2.06 bits per heavy atom. The molecule has 0 aliphatic rings. The summed E-state index contributed by atoms with van der Waals surface area (Å²) in [4.78, 5) is 0. The first kappa shape index (κ1) is 12.8. The summed E-state index contributed by atoms with van der Waals surface area (Å²) in [6.45, 7) is 4.21. The van der Waals surface area contributed by atoms with Crippen LogP contribution in [-0.2, 0) is 0 Å². The van der Waals surface area contributed by atoms with Crippen molar-refractivity contribution < 1.29 is 14.9 Å². The van der Waals surface area contributed by atoms with Gasteiger partial charge >= 0.3 is 0 Å². The van der Waals surface area contributed by atoms with E-state index in [9.17, 15) is 10.2 Å². The highest BCUT2D eigenvalue weighted by atomic mass is 16.5. The Labute approximate surface area is 95.7 Å². The van der Waals surface area contributed by atoms with Crippen molar-refractivity contribution in [2.45, 2.75) is 32.4 Å². The van der Waals surface area contributed by atoms with Gasteiger partial charge in [0.25, 0.3) is 0 Å². The lowest BCUT2D eigenvalue weighted by molar-refractivity contribution is 0.144. The van der Waals surface area contributed by atoms with Gasteiger partial charge in [-0.05, 0) is 31.0 Å². The molecule has 0 spiro atoms. The number of rotatable bonds is 5. The highest BCUT2D eigenvalue weighted by Gasteiger charge is 2.16. The zero-order chi connectivity index (χ0) is 12.1. The van der Waals surface area contributed by atoms with E-state index in [1.807, 2.05) is 13.8 Å². The van der Waals surface area contributed by atoms with E-state index < -0.39 is 6.10 Å². The number of benzene rings is 1. The van der Waals surface area contributed by atoms with Crippen LogP contribution in [0, 0.1) is 0 Å². The van der Waals surface area contributed by atoms with E-state index in [1.54, 1.807) is 12.1 Å². The normalized spacial score (nSPS) is 14.5. The second-order valence-electron chi connectivity index (χ2n) is 3.68. The van der Waals surface area contributed by atoms with Crippen LogP contribution < -0.4 is 10.5 Å². The van der Waals surface area contributed by atoms with Gasteiger partial charge in [-0.1, -0.05) is 13.0 Å². The first-order valence-electron chi connectivity index (χ1n) is 5.49. The summed E-state index contributed by atoms with van der Waals surface area (Å²) < 4.78 is 5.24. The number of hydrogen-bond donors (Lipinski definition) is 3. The molecule has 1 rings (SSSR count). The van der Waals surface area contributed by atoms with Crippen LogP contribution in [0.3, 0.4) is 0 Å². The summed E-state index contributed by atoms with van der Waals surface area (Å²) in [6, 6.07) is 4.47. The first-order chi connectivity index (χ1) is 7.60. The Balaban J connectivity index is 2.93. The molecule has 0 radical (unpaired) electrons. The Bertz CT molecular complexity index is 341. The Morgan fingerprint density at radius 3 is 2.62 bits per heavy atom. The highest BCUT2D eigenvalue weighted by molar-refractivity contribution is 5.42. The number of hydrogen-bond acceptors (Lipinski definition) is 4. The molecule has 0 aliphatic carbocycles. The Morgan fingerprint density at radius 1 is 1.38 bits per heavy atom. The lowest BCUT2D eigenvalue weighted by Gasteiger charge is -2.18. The number of ether oxygens (including phenoxy) is 1. The van der Waals surface area contributed by atoms with Crippen LogP contribution in [0.5, 0.6) is 11.5 Å². The summed E-state index contributed by atoms with van der Waals surface area (Å²) in [6.07, 6.45) is -0.0451. The topological polar surface area (TPSA) is 75.7 Å². The Kier molecular flexibility index (Phi) is 4.58. The zero-order valence-electron chi connectivity index (χ0n) is 9.68. The number of phenolic OH excluding ortho intramolecular Hbond substituents is 1. The van der Waals surface area contributed by atoms with Crippen LogP contribution in [0.1, 0.15) is 31.9 Å². The average molecular weight is 225 g/mol. The molecule has 0 bridgehead atoms. The summed E-state index contributed by atoms with van der Waals surface area (Å²) in [5.74, 6) is 0.449. The van der Waals surface area contributed by atoms with Gasteiger partial charge < -0.3 is 20.7 Å². The monoisotopic (exact) mass is 225 g/mol. The maximum absolute atomic E-state index is 9.91. The van der Waals surface area contributed by atoms with Gasteiger partial charge in [0.2, 0.25) is 0 Å². The van der Waals surface area contributed by atoms with E-state index in [2.05, 4.69) is 0 Å². The first-order valence-corrected chi connectivity index (χ1v) is 5.49. The predicted molar refractivity (Wildman–Crippen MR) is 62.5 cm³/mol. The molecule has 2 unspecified atom stereocenters. The molecule has 0 fully saturated rings. The largest absolute Gasteiger partial charge is 0.504 e. The van der Waals surface area contributed by atoms with Gasteiger partial charge in [0.05, 0.1) is 12.7 Å². The van der Waals surface area contributed by atoms with Gasteiger partial charge in [-0.2, -0.15) is 0 Å². The van der Waals surface area contributed by atoms with Crippen LogP contribution in [0.25, 0.3) is 0 Å². The molecule has 0 aromatic heterocycles. The Hall–Kier alpha value is -1.26. The molecule has 90 valence electrons. The van der Waals surface area contributed by atoms with Crippen molar-refractivity contribution in [2.75, 3.05) is 6.61 Å². The van der Waals surface area contributed by atoms with E-state index >= 15 is 0 Å². The minimum atomic E-state index is -0.732. The second-order valence-corrected chi connectivity index (χ2v) is 3.68. The average Bonchev–Trinajstić information content (AvgIpc) is 2.30. The van der Waals surface area contributed by atoms with Crippen molar-refractivity contribution in [3.63, 3.8) is 0 Å². The van der Waals surface area contributed by atoms with E-state index in [4.69, 9.17) is 10.5 Å². The van der Waals surface area contributed by atoms with Crippen molar-refractivity contribution in [3.8, 4) is 11.5 Å². The molecule has 4 nitrogen and oxygen atoms in total. The third-order valence-corrected chi connectivity index (χ3v) is 2.50. The van der Waals surface area contributed by atoms with Gasteiger partial charge in [-0.15, -0.1) is 0 Å². The van der Waals surface area contributed by atoms with E-state index in [1.165, 1.54) is 6.07 Å². The number of aromatic hydroxyl groups is 1. The summed E-state index contributed by atoms with van der Waals surface area (Å²) in [5.41, 5.74) is 6.42. The smallest absolute Gasteiger partial charge is 0.161 e. The quantitative estimate of drug-likeness (QED) is 0.711. The number of nitrogens with two attached hydrogens (primary N) is 1. The standard InChI is InChI=1S/C12H19NO3/c1-3-9(13)12(15)8-5-6-10(14)11(7-8)16-4-2/h5-7,9,12,14-15H,3-4,13H2,1-2H3. The molecule has 16 heavy (non-hydrogen) atoms. The molecule has 0 saturated carbocycles. The minimum Gasteiger partial charge on any atom is -0.504 e. The third kappa shape index (κ3) is 2.87. The highest BCUT2D eigenvalue weighted by Crippen LogP contribution is 2.30. The molecule has 0 heterocycles. The zero-order valence-corrected chi connectivity index (χ0v) is 9.68. The number of aliphatic hydroxyl groups excluding tert-OH is 1. The maximum Gasteiger partial charge on any atom is 0.161 e. The van der Waals surface area contributed by atoms with Gasteiger partial charge in [-0.25, -0.2) is 0 Å². The molecule has 0 aliphatic heterocycles. The maximum atomic E-state index is 9.91. The van der Waals surface area contributed by atoms with Crippen molar-refractivity contribution in [1.82, 2.24) is 0 Å². The lowest BCUT2D eigenvalue weighted by atomic mass is 10.0. The van der Waals surface area contributed by atoms with Gasteiger partial charge in [-0.3, -0.25) is 0 Å². The van der Waals surface area contributed by atoms with Crippen LogP contribution in [-0.4, -0.2) is 22.9 Å². The third-order valence-electron chi connectivity index (χ3n) is 2.50. The number of aliphatic hydroxyl groups is 1. The van der Waals surface area contributed by atoms with Crippen molar-refractivity contribution in [1.29, 1.82) is 0 Å². The summed E-state index contributed by atoms with van der Waals surface area (Å²) in [5, 5.41) is 19.4. The van der Waals surface area contributed by atoms with Gasteiger partial charge in [0.15, 0.2) is 11.5 Å². The van der Waals surface area contributed by atoms with Crippen molar-refractivity contribution >= 4 is 0 Å². The number of phenols is 1. The van der Waals surface area contributed by atoms with Crippen molar-refractivity contribution in [3.05, 3.63) is 23.8 Å². The molecule has 4 N–H and O–H groups in total. The fraction of sp³-hybridized carbons (Fsp3) is 0.500. The van der Waals surface area contributed by atoms with Crippen LogP contribution in [0.2, 0.25) is 0 Å². The molecular formula is C12H19NO3. The molecule has 1 aromatic carbocycles. The molecule has 1 aromatic rings. The van der Waals surface area contributed by atoms with Crippen LogP contribution >= 0.6 is 0 Å². The van der Waals surface area contributed by atoms with Crippen LogP contribution in [0.4, 0.5) is 0 Å². The van der Waals surface area contributed by atoms with E-state index in [0.29, 0.717) is 24.3 Å². The summed E-state index contributed by atoms with van der Waals surface area (Å²) >= 11 is 0. The predicted octanol–water partition coefficient (Wildman–Crippen LogP) is 1.56. The van der Waals surface area contributed by atoms with Gasteiger partial charge in [0, 0.05) is 6.04 Å². The molecule has 2 atom stereocenters. The summed E-state index contributed by atoms with van der Waals surface area (Å²) in [7, 11) is 0. The second kappa shape index (κ2) is 5.72. The molecule has 4 heteroatoms. The van der Waals surface area contributed by atoms with E-state index in [-0.39, 0.29) is 11.8 Å². The van der Waals surface area contributed by atoms with Gasteiger partial charge in [0.1, 0.15) is 0 Å². The lowest BCUT2D eigenvalue weighted by Crippen LogP contribution is -2.27. The van der Waals surface area contributed by atoms with E-state index in [0.717, 1.165) is 0 Å². The SMILES string of the molecule is CCOc1cc(C(O)C(N)CC)ccc1O. The van der Waals surface area contributed by atoms with Crippen LogP contribution in [0.15, 0.2) is 18.2 Å².